The van der Waals surface area contributed by atoms with E-state index in [4.69, 9.17) is 5.73 Å². The Balaban J connectivity index is -0.000000828. The molecule has 0 aromatic heterocycles. The number of hydrogen-bond acceptors (Lipinski definition) is 4. The molecule has 1 aromatic rings. The lowest BCUT2D eigenvalue weighted by Crippen LogP contribution is -2.54. The van der Waals surface area contributed by atoms with Crippen LogP contribution in [0, 0.1) is 5.92 Å². The zero-order valence-electron chi connectivity index (χ0n) is 35.7. The largest absolute Gasteiger partial charge is 0.385 e. The molecule has 2 fully saturated rings. The molecule has 0 radical (unpaired) electrons. The third kappa shape index (κ3) is 21.2. The summed E-state index contributed by atoms with van der Waals surface area (Å²) in [6.45, 7) is 36.0. The number of allylic oxidation sites excluding steroid dienone is 2. The van der Waals surface area contributed by atoms with Gasteiger partial charge in [0.2, 0.25) is 0 Å². The van der Waals surface area contributed by atoms with Crippen LogP contribution < -0.4 is 11.1 Å². The van der Waals surface area contributed by atoms with Crippen molar-refractivity contribution in [1.29, 1.82) is 0 Å². The van der Waals surface area contributed by atoms with Gasteiger partial charge in [-0.3, -0.25) is 9.80 Å². The number of benzene rings is 1. The predicted octanol–water partition coefficient (Wildman–Crippen LogP) is 12.2. The van der Waals surface area contributed by atoms with Gasteiger partial charge in [0, 0.05) is 36.3 Å². The van der Waals surface area contributed by atoms with Crippen LogP contribution in [0.15, 0.2) is 66.9 Å². The second kappa shape index (κ2) is 33.3. The van der Waals surface area contributed by atoms with Gasteiger partial charge in [0.1, 0.15) is 0 Å². The Morgan fingerprint density at radius 3 is 1.88 bits per heavy atom. The summed E-state index contributed by atoms with van der Waals surface area (Å²) in [6, 6.07) is 13.5. The standard InChI is InChI=1S/C24H46N4.C11H14.C4H10.3C2H6/c1-8-16-26-18(4)17(3)24(20-10-12-21(25)13-11-20)27(6)19(5)23-15-14-22(9-2)28(23)7;1-10(2)8-9-11-6-4-3-5-7-11;1-3-4-2;3*1-2/h8,16,18-24,26H,3,9-15,25H2,1-2,4-7H3;3-7H,1,8-9H2,2H3;3-4H2,1-2H3;3*1-2H3/b16-8-;;;;;/t18?,19?,20?,21?,22-,23?,24?;;;;;/m1...../s1. The molecule has 0 spiro atoms. The second-order valence-corrected chi connectivity index (χ2v) is 13.3. The van der Waals surface area contributed by atoms with Crippen molar-refractivity contribution < 1.29 is 0 Å². The molecule has 1 heterocycles. The lowest BCUT2D eigenvalue weighted by molar-refractivity contribution is 0.0732. The van der Waals surface area contributed by atoms with Crippen molar-refractivity contribution >= 4 is 0 Å². The Morgan fingerprint density at radius 1 is 0.918 bits per heavy atom. The quantitative estimate of drug-likeness (QED) is 0.203. The zero-order chi connectivity index (χ0) is 38.4. The van der Waals surface area contributed by atoms with Gasteiger partial charge in [0.15, 0.2) is 0 Å². The van der Waals surface area contributed by atoms with Crippen molar-refractivity contribution in [3.63, 3.8) is 0 Å². The number of nitrogens with zero attached hydrogens (tertiary/aromatic N) is 2. The van der Waals surface area contributed by atoms with E-state index in [1.54, 1.807) is 0 Å². The maximum absolute atomic E-state index is 6.22. The van der Waals surface area contributed by atoms with E-state index in [1.165, 1.54) is 61.7 Å². The molecular formula is C45H88N4. The minimum absolute atomic E-state index is 0.274. The molecule has 2 aliphatic rings. The average Bonchev–Trinajstić information content (AvgIpc) is 3.53. The molecule has 5 atom stereocenters. The van der Waals surface area contributed by atoms with Crippen LogP contribution in [0.1, 0.15) is 160 Å². The van der Waals surface area contributed by atoms with E-state index in [0.717, 1.165) is 31.7 Å². The summed E-state index contributed by atoms with van der Waals surface area (Å²) in [5.74, 6) is 0.656. The van der Waals surface area contributed by atoms with E-state index < -0.39 is 0 Å². The van der Waals surface area contributed by atoms with Gasteiger partial charge < -0.3 is 11.1 Å². The van der Waals surface area contributed by atoms with Crippen molar-refractivity contribution in [2.75, 3.05) is 14.1 Å². The van der Waals surface area contributed by atoms with Gasteiger partial charge in [-0.25, -0.2) is 0 Å². The van der Waals surface area contributed by atoms with Crippen LogP contribution >= 0.6 is 0 Å². The van der Waals surface area contributed by atoms with Crippen LogP contribution in [-0.2, 0) is 6.42 Å². The van der Waals surface area contributed by atoms with Gasteiger partial charge in [0.25, 0.3) is 0 Å². The number of nitrogens with one attached hydrogen (secondary N) is 1. The van der Waals surface area contributed by atoms with Crippen LogP contribution in [0.2, 0.25) is 0 Å². The molecule has 288 valence electrons. The minimum atomic E-state index is 0.274. The number of likely N-dealkylation sites (N-methyl/N-ethyl adjacent to an activating group) is 2. The number of rotatable bonds is 13. The Kier molecular flexibility index (Phi) is 35.0. The van der Waals surface area contributed by atoms with Crippen LogP contribution in [0.3, 0.4) is 0 Å². The normalized spacial score (nSPS) is 21.7. The minimum Gasteiger partial charge on any atom is -0.385 e. The van der Waals surface area contributed by atoms with Crippen molar-refractivity contribution in [3.05, 3.63) is 72.5 Å². The van der Waals surface area contributed by atoms with Crippen molar-refractivity contribution in [3.8, 4) is 0 Å². The number of aryl methyl sites for hydroxylation is 1. The number of unbranched alkanes of at least 4 members (excludes halogenated alkanes) is 1. The Bertz CT molecular complexity index is 900. The third-order valence-corrected chi connectivity index (χ3v) is 9.90. The number of nitrogens with two attached hydrogens (primary N) is 1. The van der Waals surface area contributed by atoms with E-state index in [1.807, 2.05) is 53.8 Å². The summed E-state index contributed by atoms with van der Waals surface area (Å²) < 4.78 is 0. The first-order valence-corrected chi connectivity index (χ1v) is 20.5. The maximum Gasteiger partial charge on any atom is 0.0452 e. The second-order valence-electron chi connectivity index (χ2n) is 13.3. The first kappa shape index (κ1) is 51.5. The predicted molar refractivity (Wildman–Crippen MR) is 227 cm³/mol. The topological polar surface area (TPSA) is 44.5 Å². The highest BCUT2D eigenvalue weighted by molar-refractivity contribution is 5.18. The van der Waals surface area contributed by atoms with Gasteiger partial charge in [-0.15, -0.1) is 6.58 Å². The van der Waals surface area contributed by atoms with Gasteiger partial charge in [0.05, 0.1) is 0 Å². The summed E-state index contributed by atoms with van der Waals surface area (Å²) in [5.41, 5.74) is 10.2. The van der Waals surface area contributed by atoms with E-state index in [2.05, 4.69) is 121 Å². The zero-order valence-corrected chi connectivity index (χ0v) is 35.7. The van der Waals surface area contributed by atoms with Crippen LogP contribution in [0.25, 0.3) is 0 Å². The fourth-order valence-electron chi connectivity index (χ4n) is 6.60. The molecule has 3 N–H and O–H groups in total. The molecule has 0 amide bonds. The molecule has 4 heteroatoms. The van der Waals surface area contributed by atoms with Crippen LogP contribution in [-0.4, -0.2) is 60.1 Å². The average molecular weight is 685 g/mol. The molecule has 3 rings (SSSR count). The van der Waals surface area contributed by atoms with Crippen molar-refractivity contribution in [1.82, 2.24) is 15.1 Å². The Morgan fingerprint density at radius 2 is 1.45 bits per heavy atom. The first-order valence-electron chi connectivity index (χ1n) is 20.5. The third-order valence-electron chi connectivity index (χ3n) is 9.90. The molecule has 1 saturated heterocycles. The molecule has 1 aliphatic carbocycles. The molecular weight excluding hydrogens is 597 g/mol. The highest BCUT2D eigenvalue weighted by Gasteiger charge is 2.39. The smallest absolute Gasteiger partial charge is 0.0452 e. The molecule has 4 unspecified atom stereocenters. The summed E-state index contributed by atoms with van der Waals surface area (Å²) in [7, 11) is 4.67. The molecule has 1 aliphatic heterocycles. The SMILES string of the molecule is C=C(C(C)N/C=C\C)C(C1CCC(N)CC1)N(C)C(C)C1CC[C@@H](CC)N1C.C=C(C)CCc1ccccc1.CC.CC.CC.CCCC. The van der Waals surface area contributed by atoms with Crippen LogP contribution in [0.5, 0.6) is 0 Å². The number of likely N-dealkylation sites (tertiary alicyclic amines) is 1. The summed E-state index contributed by atoms with van der Waals surface area (Å²) in [6.07, 6.45) is 17.6. The summed E-state index contributed by atoms with van der Waals surface area (Å²) >= 11 is 0. The lowest BCUT2D eigenvalue weighted by Gasteiger charge is -2.45. The van der Waals surface area contributed by atoms with Gasteiger partial charge in [-0.1, -0.05) is 124 Å². The van der Waals surface area contributed by atoms with Crippen molar-refractivity contribution in [2.24, 2.45) is 11.7 Å². The van der Waals surface area contributed by atoms with E-state index >= 15 is 0 Å². The monoisotopic (exact) mass is 685 g/mol. The van der Waals surface area contributed by atoms with Crippen LogP contribution in [0.4, 0.5) is 0 Å². The summed E-state index contributed by atoms with van der Waals surface area (Å²) in [4.78, 5) is 5.29. The van der Waals surface area contributed by atoms with Gasteiger partial charge >= 0.3 is 0 Å². The first-order chi connectivity index (χ1) is 23.5. The Hall–Kier alpha value is -1.88. The highest BCUT2D eigenvalue weighted by atomic mass is 15.3. The maximum atomic E-state index is 6.22. The summed E-state index contributed by atoms with van der Waals surface area (Å²) in [5, 5.41) is 3.51. The molecule has 1 saturated carbocycles. The molecule has 0 bridgehead atoms. The highest BCUT2D eigenvalue weighted by Crippen LogP contribution is 2.36. The van der Waals surface area contributed by atoms with E-state index in [0.29, 0.717) is 30.1 Å². The van der Waals surface area contributed by atoms with Gasteiger partial charge in [-0.2, -0.15) is 0 Å². The van der Waals surface area contributed by atoms with Gasteiger partial charge in [-0.05, 0) is 123 Å². The van der Waals surface area contributed by atoms with E-state index in [-0.39, 0.29) is 6.04 Å². The molecule has 4 nitrogen and oxygen atoms in total. The lowest BCUT2D eigenvalue weighted by atomic mass is 9.77. The number of hydrogen-bond donors (Lipinski definition) is 2. The molecule has 1 aromatic carbocycles. The fraction of sp³-hybridized carbons (Fsp3) is 0.733. The molecule has 49 heavy (non-hydrogen) atoms. The fourth-order valence-corrected chi connectivity index (χ4v) is 6.60. The Labute approximate surface area is 309 Å². The van der Waals surface area contributed by atoms with E-state index in [9.17, 15) is 0 Å². The van der Waals surface area contributed by atoms with Crippen molar-refractivity contribution in [2.45, 2.75) is 197 Å².